The van der Waals surface area contributed by atoms with E-state index in [1.54, 1.807) is 14.1 Å². The number of primary amides is 1. The molecular formula is C22H42N4O4. The standard InChI is InChI=1S/C22H42N4O4/c1-6-10-20(27)24(4)19(16-30-14-9-13-26-11-7-8-12-26)22(29)25(5)18(21(23)28)15-17(2)3/h17-19H,6-16H2,1-5H3,(H2,23,28)/t18-,19+/m0/s1. The van der Waals surface area contributed by atoms with Crippen LogP contribution in [0, 0.1) is 5.92 Å². The highest BCUT2D eigenvalue weighted by Crippen LogP contribution is 2.14. The van der Waals surface area contributed by atoms with Crippen LogP contribution in [0.15, 0.2) is 0 Å². The van der Waals surface area contributed by atoms with Crippen molar-refractivity contribution in [3.8, 4) is 0 Å². The number of hydrogen-bond acceptors (Lipinski definition) is 5. The van der Waals surface area contributed by atoms with Crippen molar-refractivity contribution < 1.29 is 19.1 Å². The van der Waals surface area contributed by atoms with Crippen molar-refractivity contribution in [1.82, 2.24) is 14.7 Å². The summed E-state index contributed by atoms with van der Waals surface area (Å²) in [5.41, 5.74) is 5.56. The monoisotopic (exact) mass is 426 g/mol. The minimum Gasteiger partial charge on any atom is -0.379 e. The number of likely N-dealkylation sites (N-methyl/N-ethyl adjacent to an activating group) is 2. The lowest BCUT2D eigenvalue weighted by Gasteiger charge is -2.34. The van der Waals surface area contributed by atoms with Gasteiger partial charge in [0.05, 0.1) is 6.61 Å². The molecule has 1 rings (SSSR count). The second-order valence-corrected chi connectivity index (χ2v) is 8.74. The maximum Gasteiger partial charge on any atom is 0.248 e. The SMILES string of the molecule is CCCC(=O)N(C)[C@H](COCCCN1CCCC1)C(=O)N(C)[C@@H](CC(C)C)C(N)=O. The second-order valence-electron chi connectivity index (χ2n) is 8.74. The van der Waals surface area contributed by atoms with Crippen molar-refractivity contribution in [3.63, 3.8) is 0 Å². The molecule has 1 fully saturated rings. The molecular weight excluding hydrogens is 384 g/mol. The molecule has 174 valence electrons. The third-order valence-corrected chi connectivity index (χ3v) is 5.69. The number of nitrogens with zero attached hydrogens (tertiary/aromatic N) is 3. The summed E-state index contributed by atoms with van der Waals surface area (Å²) < 4.78 is 5.81. The summed E-state index contributed by atoms with van der Waals surface area (Å²) in [6, 6.07) is -1.47. The van der Waals surface area contributed by atoms with Gasteiger partial charge in [0, 0.05) is 33.7 Å². The molecule has 8 nitrogen and oxygen atoms in total. The van der Waals surface area contributed by atoms with E-state index in [2.05, 4.69) is 4.90 Å². The van der Waals surface area contributed by atoms with Crippen molar-refractivity contribution in [3.05, 3.63) is 0 Å². The molecule has 0 bridgehead atoms. The van der Waals surface area contributed by atoms with Crippen molar-refractivity contribution in [2.24, 2.45) is 11.7 Å². The van der Waals surface area contributed by atoms with Crippen LogP contribution in [-0.4, -0.2) is 91.4 Å². The van der Waals surface area contributed by atoms with Crippen LogP contribution in [0.5, 0.6) is 0 Å². The van der Waals surface area contributed by atoms with Crippen molar-refractivity contribution >= 4 is 17.7 Å². The third kappa shape index (κ3) is 8.60. The minimum absolute atomic E-state index is 0.107. The Bertz CT molecular complexity index is 549. The fourth-order valence-electron chi connectivity index (χ4n) is 3.80. The Hall–Kier alpha value is -1.67. The number of amides is 3. The van der Waals surface area contributed by atoms with Gasteiger partial charge in [-0.2, -0.15) is 0 Å². The summed E-state index contributed by atoms with van der Waals surface area (Å²) in [7, 11) is 3.21. The first-order chi connectivity index (χ1) is 14.2. The van der Waals surface area contributed by atoms with Gasteiger partial charge in [0.25, 0.3) is 0 Å². The van der Waals surface area contributed by atoms with Gasteiger partial charge in [-0.3, -0.25) is 14.4 Å². The minimum atomic E-state index is -0.769. The number of carbonyl (C=O) groups excluding carboxylic acids is 3. The fraction of sp³-hybridized carbons (Fsp3) is 0.864. The first-order valence-electron chi connectivity index (χ1n) is 11.3. The molecule has 0 aromatic rings. The second kappa shape index (κ2) is 13.6. The molecule has 0 spiro atoms. The number of likely N-dealkylation sites (tertiary alicyclic amines) is 1. The molecule has 2 N–H and O–H groups in total. The van der Waals surface area contributed by atoms with Crippen LogP contribution in [0.2, 0.25) is 0 Å². The molecule has 3 amide bonds. The first kappa shape index (κ1) is 26.4. The summed E-state index contributed by atoms with van der Waals surface area (Å²) in [6.45, 7) is 9.80. The van der Waals surface area contributed by atoms with Crippen molar-refractivity contribution in [2.45, 2.75) is 71.4 Å². The molecule has 0 aliphatic carbocycles. The van der Waals surface area contributed by atoms with Crippen molar-refractivity contribution in [1.29, 1.82) is 0 Å². The van der Waals surface area contributed by atoms with Crippen molar-refractivity contribution in [2.75, 3.05) is 46.9 Å². The number of ether oxygens (including phenoxy) is 1. The Labute approximate surface area is 182 Å². The molecule has 8 heteroatoms. The molecule has 1 saturated heterocycles. The Morgan fingerprint density at radius 3 is 2.23 bits per heavy atom. The maximum atomic E-state index is 13.2. The summed E-state index contributed by atoms with van der Waals surface area (Å²) >= 11 is 0. The average molecular weight is 427 g/mol. The lowest BCUT2D eigenvalue weighted by molar-refractivity contribution is -0.149. The average Bonchev–Trinajstić information content (AvgIpc) is 3.20. The van der Waals surface area contributed by atoms with Gasteiger partial charge in [-0.1, -0.05) is 20.8 Å². The van der Waals surface area contributed by atoms with Crippen LogP contribution >= 0.6 is 0 Å². The Balaban J connectivity index is 2.75. The van der Waals surface area contributed by atoms with Crippen LogP contribution in [-0.2, 0) is 19.1 Å². The summed E-state index contributed by atoms with van der Waals surface area (Å²) in [5, 5.41) is 0. The largest absolute Gasteiger partial charge is 0.379 e. The number of rotatable bonds is 14. The predicted molar refractivity (Wildman–Crippen MR) is 118 cm³/mol. The van der Waals surface area contributed by atoms with Gasteiger partial charge < -0.3 is 25.2 Å². The highest BCUT2D eigenvalue weighted by atomic mass is 16.5. The van der Waals surface area contributed by atoms with Gasteiger partial charge in [-0.15, -0.1) is 0 Å². The zero-order valence-corrected chi connectivity index (χ0v) is 19.6. The van der Waals surface area contributed by atoms with Gasteiger partial charge >= 0.3 is 0 Å². The highest BCUT2D eigenvalue weighted by molar-refractivity contribution is 5.91. The molecule has 0 radical (unpaired) electrons. The van der Waals surface area contributed by atoms with Gasteiger partial charge in [-0.25, -0.2) is 0 Å². The number of carbonyl (C=O) groups is 3. The van der Waals surface area contributed by atoms with E-state index in [1.807, 2.05) is 20.8 Å². The predicted octanol–water partition coefficient (Wildman–Crippen LogP) is 1.47. The van der Waals surface area contributed by atoms with Crippen LogP contribution < -0.4 is 5.73 Å². The zero-order chi connectivity index (χ0) is 22.7. The molecule has 2 atom stereocenters. The van der Waals surface area contributed by atoms with E-state index < -0.39 is 18.0 Å². The molecule has 0 saturated carbocycles. The van der Waals surface area contributed by atoms with Crippen LogP contribution in [0.1, 0.15) is 59.3 Å². The molecule has 30 heavy (non-hydrogen) atoms. The smallest absolute Gasteiger partial charge is 0.248 e. The topological polar surface area (TPSA) is 96.2 Å². The third-order valence-electron chi connectivity index (χ3n) is 5.69. The summed E-state index contributed by atoms with van der Waals surface area (Å²) in [4.78, 5) is 42.9. The van der Waals surface area contributed by atoms with Crippen LogP contribution in [0.3, 0.4) is 0 Å². The lowest BCUT2D eigenvalue weighted by atomic mass is 10.0. The van der Waals surface area contributed by atoms with E-state index >= 15 is 0 Å². The van der Waals surface area contributed by atoms with Gasteiger partial charge in [-0.05, 0) is 51.1 Å². The van der Waals surface area contributed by atoms with E-state index in [1.165, 1.54) is 22.6 Å². The van der Waals surface area contributed by atoms with E-state index in [0.29, 0.717) is 25.9 Å². The van der Waals surface area contributed by atoms with Crippen LogP contribution in [0.4, 0.5) is 0 Å². The van der Waals surface area contributed by atoms with Gasteiger partial charge in [0.15, 0.2) is 0 Å². The molecule has 0 aromatic heterocycles. The summed E-state index contributed by atoms with van der Waals surface area (Å²) in [5.74, 6) is -0.750. The maximum absolute atomic E-state index is 13.2. The first-order valence-corrected chi connectivity index (χ1v) is 11.3. The quantitative estimate of drug-likeness (QED) is 0.424. The Morgan fingerprint density at radius 2 is 1.70 bits per heavy atom. The fourth-order valence-corrected chi connectivity index (χ4v) is 3.80. The molecule has 0 unspecified atom stereocenters. The zero-order valence-electron chi connectivity index (χ0n) is 19.6. The van der Waals surface area contributed by atoms with Crippen LogP contribution in [0.25, 0.3) is 0 Å². The van der Waals surface area contributed by atoms with E-state index in [4.69, 9.17) is 10.5 Å². The number of nitrogens with two attached hydrogens (primary N) is 1. The molecule has 1 aliphatic rings. The van der Waals surface area contributed by atoms with E-state index in [-0.39, 0.29) is 24.3 Å². The van der Waals surface area contributed by atoms with E-state index in [9.17, 15) is 14.4 Å². The highest BCUT2D eigenvalue weighted by Gasteiger charge is 2.34. The van der Waals surface area contributed by atoms with Gasteiger partial charge in [0.2, 0.25) is 17.7 Å². The molecule has 0 aromatic carbocycles. The Kier molecular flexibility index (Phi) is 11.9. The van der Waals surface area contributed by atoms with Gasteiger partial charge in [0.1, 0.15) is 12.1 Å². The summed E-state index contributed by atoms with van der Waals surface area (Å²) in [6.07, 6.45) is 4.95. The molecule has 1 heterocycles. The van der Waals surface area contributed by atoms with E-state index in [0.717, 1.165) is 26.1 Å². The number of hydrogen-bond donors (Lipinski definition) is 1. The Morgan fingerprint density at radius 1 is 1.07 bits per heavy atom. The normalized spacial score (nSPS) is 16.5. The lowest BCUT2D eigenvalue weighted by Crippen LogP contribution is -2.55. The molecule has 1 aliphatic heterocycles.